The number of nitrogens with zero attached hydrogens (tertiary/aromatic N) is 2. The third-order valence-electron chi connectivity index (χ3n) is 2.58. The lowest BCUT2D eigenvalue weighted by Gasteiger charge is -2.04. The molecular formula is C12H11BrN2O2. The van der Waals surface area contributed by atoms with Crippen molar-refractivity contribution in [2.45, 2.75) is 6.92 Å². The molecule has 0 spiro atoms. The average molecular weight is 295 g/mol. The lowest BCUT2D eigenvalue weighted by molar-refractivity contribution is 0.0689. The van der Waals surface area contributed by atoms with Gasteiger partial charge < -0.3 is 5.11 Å². The van der Waals surface area contributed by atoms with Gasteiger partial charge in [0.2, 0.25) is 0 Å². The Bertz CT molecular complexity index is 590. The smallest absolute Gasteiger partial charge is 0.356 e. The maximum absolute atomic E-state index is 11.0. The quantitative estimate of drug-likeness (QED) is 0.927. The fraction of sp³-hybridized carbons (Fsp3) is 0.167. The van der Waals surface area contributed by atoms with Gasteiger partial charge in [0.25, 0.3) is 0 Å². The Kier molecular flexibility index (Phi) is 3.02. The second kappa shape index (κ2) is 4.33. The number of carboxylic acids is 1. The molecule has 0 saturated carbocycles. The summed E-state index contributed by atoms with van der Waals surface area (Å²) in [4.78, 5) is 11.0. The fourth-order valence-corrected chi connectivity index (χ4v) is 2.27. The van der Waals surface area contributed by atoms with Gasteiger partial charge in [0.05, 0.1) is 5.69 Å². The van der Waals surface area contributed by atoms with Gasteiger partial charge in [0.15, 0.2) is 5.69 Å². The minimum Gasteiger partial charge on any atom is -0.476 e. The summed E-state index contributed by atoms with van der Waals surface area (Å²) in [6, 6.07) is 7.70. The van der Waals surface area contributed by atoms with Crippen molar-refractivity contribution in [2.75, 3.05) is 0 Å². The van der Waals surface area contributed by atoms with Crippen LogP contribution in [0.3, 0.4) is 0 Å². The summed E-state index contributed by atoms with van der Waals surface area (Å²) in [5.74, 6) is -1.00. The summed E-state index contributed by atoms with van der Waals surface area (Å²) in [7, 11) is 1.75. The minimum absolute atomic E-state index is 0.0995. The van der Waals surface area contributed by atoms with Crippen molar-refractivity contribution in [1.82, 2.24) is 9.78 Å². The number of hydrogen-bond acceptors (Lipinski definition) is 2. The first-order chi connectivity index (χ1) is 8.00. The standard InChI is InChI=1S/C12H11BrN2O2/c1-7-10(12(16)17)14-15(2)11(7)8-4-3-5-9(13)6-8/h3-6H,1-2H3,(H,16,17). The average Bonchev–Trinajstić information content (AvgIpc) is 2.54. The molecule has 0 unspecified atom stereocenters. The van der Waals surface area contributed by atoms with Crippen molar-refractivity contribution in [3.63, 3.8) is 0 Å². The van der Waals surface area contributed by atoms with Gasteiger partial charge in [-0.2, -0.15) is 5.10 Å². The first-order valence-electron chi connectivity index (χ1n) is 5.03. The van der Waals surface area contributed by atoms with E-state index in [4.69, 9.17) is 5.11 Å². The lowest BCUT2D eigenvalue weighted by atomic mass is 10.1. The normalized spacial score (nSPS) is 10.5. The van der Waals surface area contributed by atoms with Crippen LogP contribution < -0.4 is 0 Å². The molecule has 1 N–H and O–H groups in total. The van der Waals surface area contributed by atoms with Crippen LogP contribution in [-0.2, 0) is 7.05 Å². The predicted octanol–water partition coefficient (Wildman–Crippen LogP) is 2.86. The van der Waals surface area contributed by atoms with Crippen LogP contribution in [0.25, 0.3) is 11.3 Å². The monoisotopic (exact) mass is 294 g/mol. The molecule has 0 aliphatic heterocycles. The van der Waals surface area contributed by atoms with Crippen LogP contribution in [0.15, 0.2) is 28.7 Å². The van der Waals surface area contributed by atoms with Gasteiger partial charge in [-0.05, 0) is 19.1 Å². The van der Waals surface area contributed by atoms with E-state index in [2.05, 4.69) is 21.0 Å². The van der Waals surface area contributed by atoms with E-state index in [9.17, 15) is 4.79 Å². The van der Waals surface area contributed by atoms with E-state index < -0.39 is 5.97 Å². The molecule has 0 aliphatic carbocycles. The number of aryl methyl sites for hydroxylation is 1. The molecular weight excluding hydrogens is 284 g/mol. The molecule has 0 fully saturated rings. The van der Waals surface area contributed by atoms with Gasteiger partial charge >= 0.3 is 5.97 Å². The Morgan fingerprint density at radius 3 is 2.71 bits per heavy atom. The maximum Gasteiger partial charge on any atom is 0.356 e. The molecule has 0 bridgehead atoms. The zero-order valence-electron chi connectivity index (χ0n) is 9.44. The number of benzene rings is 1. The van der Waals surface area contributed by atoms with E-state index in [1.54, 1.807) is 18.7 Å². The Morgan fingerprint density at radius 1 is 1.47 bits per heavy atom. The topological polar surface area (TPSA) is 55.1 Å². The van der Waals surface area contributed by atoms with Gasteiger partial charge in [0, 0.05) is 22.6 Å². The summed E-state index contributed by atoms with van der Waals surface area (Å²) in [6.45, 7) is 1.77. The second-order valence-electron chi connectivity index (χ2n) is 3.76. The van der Waals surface area contributed by atoms with E-state index >= 15 is 0 Å². The van der Waals surface area contributed by atoms with Gasteiger partial charge in [-0.3, -0.25) is 4.68 Å². The van der Waals surface area contributed by atoms with E-state index in [-0.39, 0.29) is 5.69 Å². The molecule has 0 amide bonds. The molecule has 2 aromatic rings. The second-order valence-corrected chi connectivity index (χ2v) is 4.68. The maximum atomic E-state index is 11.0. The number of carboxylic acid groups (broad SMARTS) is 1. The van der Waals surface area contributed by atoms with E-state index in [1.165, 1.54) is 0 Å². The molecule has 1 aromatic heterocycles. The van der Waals surface area contributed by atoms with Gasteiger partial charge in [0.1, 0.15) is 0 Å². The molecule has 17 heavy (non-hydrogen) atoms. The largest absolute Gasteiger partial charge is 0.476 e. The summed E-state index contributed by atoms with van der Waals surface area (Å²) >= 11 is 3.40. The zero-order chi connectivity index (χ0) is 12.6. The van der Waals surface area contributed by atoms with Crippen molar-refractivity contribution >= 4 is 21.9 Å². The number of halogens is 1. The SMILES string of the molecule is Cc1c(C(=O)O)nn(C)c1-c1cccc(Br)c1. The number of hydrogen-bond donors (Lipinski definition) is 1. The van der Waals surface area contributed by atoms with Gasteiger partial charge in [-0.25, -0.2) is 4.79 Å². The van der Waals surface area contributed by atoms with Crippen molar-refractivity contribution in [1.29, 1.82) is 0 Å². The zero-order valence-corrected chi connectivity index (χ0v) is 11.0. The fourth-order valence-electron chi connectivity index (χ4n) is 1.87. The number of carbonyl (C=O) groups is 1. The number of aromatic carboxylic acids is 1. The predicted molar refractivity (Wildman–Crippen MR) is 68.0 cm³/mol. The summed E-state index contributed by atoms with van der Waals surface area (Å²) in [6.07, 6.45) is 0. The third kappa shape index (κ3) is 2.10. The highest BCUT2D eigenvalue weighted by Gasteiger charge is 2.18. The van der Waals surface area contributed by atoms with Gasteiger partial charge in [-0.15, -0.1) is 0 Å². The third-order valence-corrected chi connectivity index (χ3v) is 3.08. The van der Waals surface area contributed by atoms with E-state index in [0.717, 1.165) is 15.7 Å². The van der Waals surface area contributed by atoms with Crippen LogP contribution in [0.5, 0.6) is 0 Å². The van der Waals surface area contributed by atoms with Crippen LogP contribution in [-0.4, -0.2) is 20.9 Å². The highest BCUT2D eigenvalue weighted by Crippen LogP contribution is 2.27. The molecule has 0 atom stereocenters. The van der Waals surface area contributed by atoms with Gasteiger partial charge in [-0.1, -0.05) is 28.1 Å². The van der Waals surface area contributed by atoms with Crippen LogP contribution in [0.1, 0.15) is 16.1 Å². The molecule has 1 aromatic carbocycles. The molecule has 0 radical (unpaired) electrons. The Balaban J connectivity index is 2.64. The van der Waals surface area contributed by atoms with Crippen molar-refractivity contribution < 1.29 is 9.90 Å². The molecule has 0 aliphatic rings. The van der Waals surface area contributed by atoms with Crippen LogP contribution in [0.4, 0.5) is 0 Å². The van der Waals surface area contributed by atoms with E-state index in [0.29, 0.717) is 5.56 Å². The molecule has 4 nitrogen and oxygen atoms in total. The van der Waals surface area contributed by atoms with E-state index in [1.807, 2.05) is 24.3 Å². The minimum atomic E-state index is -1.00. The number of rotatable bonds is 2. The molecule has 0 saturated heterocycles. The van der Waals surface area contributed by atoms with Crippen LogP contribution >= 0.6 is 15.9 Å². The Hall–Kier alpha value is -1.62. The van der Waals surface area contributed by atoms with Crippen molar-refractivity contribution in [3.05, 3.63) is 40.0 Å². The highest BCUT2D eigenvalue weighted by molar-refractivity contribution is 9.10. The van der Waals surface area contributed by atoms with Crippen LogP contribution in [0.2, 0.25) is 0 Å². The van der Waals surface area contributed by atoms with Crippen molar-refractivity contribution in [2.24, 2.45) is 7.05 Å². The summed E-state index contributed by atoms with van der Waals surface area (Å²) in [5, 5.41) is 13.0. The molecule has 2 rings (SSSR count). The Morgan fingerprint density at radius 2 is 2.18 bits per heavy atom. The Labute approximate surface area is 107 Å². The van der Waals surface area contributed by atoms with Crippen LogP contribution in [0, 0.1) is 6.92 Å². The van der Waals surface area contributed by atoms with Crippen molar-refractivity contribution in [3.8, 4) is 11.3 Å². The molecule has 88 valence electrons. The first-order valence-corrected chi connectivity index (χ1v) is 5.83. The number of aromatic nitrogens is 2. The summed E-state index contributed by atoms with van der Waals surface area (Å²) < 4.78 is 2.55. The molecule has 5 heteroatoms. The highest BCUT2D eigenvalue weighted by atomic mass is 79.9. The first kappa shape index (κ1) is 11.9. The molecule has 1 heterocycles. The lowest BCUT2D eigenvalue weighted by Crippen LogP contribution is -2.00. The summed E-state index contributed by atoms with van der Waals surface area (Å²) in [5.41, 5.74) is 2.55.